The van der Waals surface area contributed by atoms with Crippen molar-refractivity contribution in [1.82, 2.24) is 0 Å². The summed E-state index contributed by atoms with van der Waals surface area (Å²) in [6.45, 7) is 7.01. The normalized spacial score (nSPS) is 20.3. The minimum Gasteiger partial charge on any atom is -0.493 e. The van der Waals surface area contributed by atoms with Crippen LogP contribution in [0.2, 0.25) is 0 Å². The van der Waals surface area contributed by atoms with E-state index in [2.05, 4.69) is 52.3 Å². The Balaban J connectivity index is 1.52. The molecule has 0 bridgehead atoms. The Hall–Kier alpha value is -1.56. The van der Waals surface area contributed by atoms with E-state index in [0.29, 0.717) is 0 Å². The molecule has 2 aromatic rings. The highest BCUT2D eigenvalue weighted by molar-refractivity contribution is 9.10. The molecule has 0 radical (unpaired) electrons. The van der Waals surface area contributed by atoms with Crippen LogP contribution >= 0.6 is 15.9 Å². The Labute approximate surface area is 158 Å². The fraction of sp³-hybridized carbons (Fsp3) is 0.400. The molecule has 25 heavy (non-hydrogen) atoms. The van der Waals surface area contributed by atoms with Crippen LogP contribution in [0.3, 0.4) is 0 Å². The van der Waals surface area contributed by atoms with Gasteiger partial charge in [-0.3, -0.25) is 0 Å². The Kier molecular flexibility index (Phi) is 6.34. The summed E-state index contributed by atoms with van der Waals surface area (Å²) >= 11 is 3.56. The zero-order valence-corrected chi connectivity index (χ0v) is 16.6. The second-order valence-corrected chi connectivity index (χ2v) is 7.59. The standard InChI is InChI=1S/C20H25BrN2O2/c1-24-19-7-6-17(13-20(19)25-2)15-23-10-8-22(9-11-23)14-16-4-3-5-18(21)12-16/h3-7,12-13H,8-11,14-15H2,1-2H3/p+2. The molecule has 0 saturated carbocycles. The van der Waals surface area contributed by atoms with Crippen molar-refractivity contribution in [2.45, 2.75) is 13.1 Å². The molecular weight excluding hydrogens is 380 g/mol. The smallest absolute Gasteiger partial charge is 0.161 e. The zero-order chi connectivity index (χ0) is 17.6. The average molecular weight is 407 g/mol. The van der Waals surface area contributed by atoms with Crippen LogP contribution in [0.1, 0.15) is 11.1 Å². The predicted molar refractivity (Wildman–Crippen MR) is 102 cm³/mol. The second-order valence-electron chi connectivity index (χ2n) is 6.67. The van der Waals surface area contributed by atoms with Crippen LogP contribution in [-0.2, 0) is 13.1 Å². The van der Waals surface area contributed by atoms with Crippen LogP contribution in [0.4, 0.5) is 0 Å². The van der Waals surface area contributed by atoms with E-state index in [-0.39, 0.29) is 0 Å². The maximum absolute atomic E-state index is 5.42. The molecule has 5 heteroatoms. The van der Waals surface area contributed by atoms with Crippen LogP contribution in [0.5, 0.6) is 11.5 Å². The SMILES string of the molecule is COc1ccc(C[NH+]2CC[NH+](Cc3cccc(Br)c3)CC2)cc1OC. The lowest BCUT2D eigenvalue weighted by atomic mass is 10.1. The zero-order valence-electron chi connectivity index (χ0n) is 15.0. The van der Waals surface area contributed by atoms with Gasteiger partial charge in [0.25, 0.3) is 0 Å². The summed E-state index contributed by atoms with van der Waals surface area (Å²) in [6, 6.07) is 14.9. The summed E-state index contributed by atoms with van der Waals surface area (Å²) in [4.78, 5) is 3.32. The molecule has 0 aromatic heterocycles. The first-order valence-electron chi connectivity index (χ1n) is 8.80. The highest BCUT2D eigenvalue weighted by Gasteiger charge is 2.23. The van der Waals surface area contributed by atoms with Crippen molar-refractivity contribution >= 4 is 15.9 Å². The third-order valence-electron chi connectivity index (χ3n) is 4.91. The Morgan fingerprint density at radius 1 is 0.800 bits per heavy atom. The molecule has 1 fully saturated rings. The lowest BCUT2D eigenvalue weighted by Crippen LogP contribution is -3.27. The van der Waals surface area contributed by atoms with Gasteiger partial charge < -0.3 is 19.3 Å². The molecule has 1 aliphatic heterocycles. The van der Waals surface area contributed by atoms with Crippen molar-refractivity contribution in [3.05, 3.63) is 58.1 Å². The summed E-state index contributed by atoms with van der Waals surface area (Å²) in [5.41, 5.74) is 2.72. The van der Waals surface area contributed by atoms with E-state index in [1.165, 1.54) is 41.8 Å². The molecule has 3 rings (SSSR count). The largest absolute Gasteiger partial charge is 0.493 e. The Bertz CT molecular complexity index is 700. The number of hydrogen-bond donors (Lipinski definition) is 2. The maximum Gasteiger partial charge on any atom is 0.161 e. The van der Waals surface area contributed by atoms with Crippen molar-refractivity contribution in [1.29, 1.82) is 0 Å². The van der Waals surface area contributed by atoms with Crippen molar-refractivity contribution in [3.63, 3.8) is 0 Å². The fourth-order valence-corrected chi connectivity index (χ4v) is 3.97. The van der Waals surface area contributed by atoms with Gasteiger partial charge in [0.1, 0.15) is 39.3 Å². The maximum atomic E-state index is 5.42. The van der Waals surface area contributed by atoms with Gasteiger partial charge in [-0.2, -0.15) is 0 Å². The number of piperazine rings is 1. The van der Waals surface area contributed by atoms with Crippen LogP contribution in [0.25, 0.3) is 0 Å². The first-order chi connectivity index (χ1) is 12.2. The highest BCUT2D eigenvalue weighted by Crippen LogP contribution is 2.27. The third-order valence-corrected chi connectivity index (χ3v) is 5.40. The van der Waals surface area contributed by atoms with Gasteiger partial charge in [0.2, 0.25) is 0 Å². The summed E-state index contributed by atoms with van der Waals surface area (Å²) in [6.07, 6.45) is 0. The van der Waals surface area contributed by atoms with Gasteiger partial charge in [0, 0.05) is 15.6 Å². The second kappa shape index (κ2) is 8.70. The molecule has 4 nitrogen and oxygen atoms in total. The summed E-state index contributed by atoms with van der Waals surface area (Å²) in [5.74, 6) is 1.61. The minimum absolute atomic E-state index is 0.796. The number of rotatable bonds is 6. The molecule has 1 saturated heterocycles. The summed E-state index contributed by atoms with van der Waals surface area (Å²) in [7, 11) is 3.37. The molecule has 0 unspecified atom stereocenters. The van der Waals surface area contributed by atoms with Gasteiger partial charge in [0.15, 0.2) is 11.5 Å². The number of methoxy groups -OCH3 is 2. The topological polar surface area (TPSA) is 27.3 Å². The van der Waals surface area contributed by atoms with Crippen molar-refractivity contribution in [2.75, 3.05) is 40.4 Å². The number of hydrogen-bond acceptors (Lipinski definition) is 2. The molecule has 0 spiro atoms. The molecular formula is C20H27BrN2O2+2. The van der Waals surface area contributed by atoms with Gasteiger partial charge in [-0.05, 0) is 30.3 Å². The van der Waals surface area contributed by atoms with Crippen molar-refractivity contribution in [3.8, 4) is 11.5 Å². The molecule has 0 amide bonds. The van der Waals surface area contributed by atoms with Crippen LogP contribution in [0, 0.1) is 0 Å². The summed E-state index contributed by atoms with van der Waals surface area (Å²) in [5, 5.41) is 0. The molecule has 2 N–H and O–H groups in total. The number of quaternary nitrogens is 2. The molecule has 134 valence electrons. The van der Waals surface area contributed by atoms with Crippen LogP contribution in [-0.4, -0.2) is 40.4 Å². The van der Waals surface area contributed by atoms with E-state index in [0.717, 1.165) is 24.6 Å². The molecule has 1 aliphatic rings. The van der Waals surface area contributed by atoms with E-state index in [1.807, 2.05) is 6.07 Å². The third kappa shape index (κ3) is 4.97. The lowest BCUT2D eigenvalue weighted by Gasteiger charge is -2.30. The van der Waals surface area contributed by atoms with Gasteiger partial charge in [-0.15, -0.1) is 0 Å². The predicted octanol–water partition coefficient (Wildman–Crippen LogP) is 0.950. The van der Waals surface area contributed by atoms with E-state index >= 15 is 0 Å². The van der Waals surface area contributed by atoms with Crippen molar-refractivity contribution in [2.24, 2.45) is 0 Å². The van der Waals surface area contributed by atoms with E-state index < -0.39 is 0 Å². The Morgan fingerprint density at radius 3 is 1.96 bits per heavy atom. The highest BCUT2D eigenvalue weighted by atomic mass is 79.9. The molecule has 0 aliphatic carbocycles. The number of halogens is 1. The fourth-order valence-electron chi connectivity index (χ4n) is 3.53. The Morgan fingerprint density at radius 2 is 1.40 bits per heavy atom. The van der Waals surface area contributed by atoms with E-state index in [9.17, 15) is 0 Å². The average Bonchev–Trinajstić information content (AvgIpc) is 2.63. The van der Waals surface area contributed by atoms with Gasteiger partial charge in [0.05, 0.1) is 14.2 Å². The van der Waals surface area contributed by atoms with Crippen LogP contribution < -0.4 is 19.3 Å². The first-order valence-corrected chi connectivity index (χ1v) is 9.59. The van der Waals surface area contributed by atoms with Crippen molar-refractivity contribution < 1.29 is 19.3 Å². The van der Waals surface area contributed by atoms with Crippen LogP contribution in [0.15, 0.2) is 46.9 Å². The van der Waals surface area contributed by atoms with Gasteiger partial charge >= 0.3 is 0 Å². The number of benzene rings is 2. The molecule has 1 heterocycles. The number of ether oxygens (including phenoxy) is 2. The first kappa shape index (κ1) is 18.2. The van der Waals surface area contributed by atoms with Gasteiger partial charge in [-0.1, -0.05) is 28.1 Å². The van der Waals surface area contributed by atoms with E-state index in [4.69, 9.17) is 9.47 Å². The van der Waals surface area contributed by atoms with E-state index in [1.54, 1.807) is 24.0 Å². The lowest BCUT2D eigenvalue weighted by molar-refractivity contribution is -1.02. The molecule has 2 aromatic carbocycles. The monoisotopic (exact) mass is 406 g/mol. The minimum atomic E-state index is 0.796. The number of nitrogens with one attached hydrogen (secondary N) is 2. The summed E-state index contributed by atoms with van der Waals surface area (Å²) < 4.78 is 11.9. The quantitative estimate of drug-likeness (QED) is 0.747. The molecule has 0 atom stereocenters. The van der Waals surface area contributed by atoms with Gasteiger partial charge in [-0.25, -0.2) is 0 Å².